The van der Waals surface area contributed by atoms with Crippen LogP contribution in [-0.2, 0) is 9.47 Å². The molecule has 0 radical (unpaired) electrons. The topological polar surface area (TPSA) is 116 Å². The molecule has 0 saturated carbocycles. The fourth-order valence-electron chi connectivity index (χ4n) is 4.86. The first kappa shape index (κ1) is 28.7. The third kappa shape index (κ3) is 5.95. The van der Waals surface area contributed by atoms with Gasteiger partial charge in [-0.3, -0.25) is 4.79 Å². The summed E-state index contributed by atoms with van der Waals surface area (Å²) in [5.41, 5.74) is -0.937. The second-order valence-electron chi connectivity index (χ2n) is 10.3. The van der Waals surface area contributed by atoms with Gasteiger partial charge < -0.3 is 33.8 Å². The minimum atomic E-state index is -0.903. The van der Waals surface area contributed by atoms with Crippen LogP contribution in [-0.4, -0.2) is 36.1 Å². The molecule has 5 rings (SSSR count). The van der Waals surface area contributed by atoms with Gasteiger partial charge in [0.15, 0.2) is 11.4 Å². The normalized spacial score (nSPS) is 18.2. The number of para-hydroxylation sites is 1. The number of halogens is 1. The Morgan fingerprint density at radius 3 is 2.54 bits per heavy atom. The monoisotopic (exact) mass is 623 g/mol. The number of fused-ring (bicyclic) bond motifs is 1. The Morgan fingerprint density at radius 1 is 1.07 bits per heavy atom. The molecule has 0 unspecified atom stereocenters. The summed E-state index contributed by atoms with van der Waals surface area (Å²) in [5.74, 6) is 0.421. The first-order valence-corrected chi connectivity index (χ1v) is 13.9. The molecule has 2 heterocycles. The van der Waals surface area contributed by atoms with E-state index >= 15 is 0 Å². The number of hydrogen-bond acceptors (Lipinski definition) is 8. The van der Waals surface area contributed by atoms with E-state index in [1.807, 2.05) is 32.0 Å². The van der Waals surface area contributed by atoms with E-state index < -0.39 is 29.2 Å². The molecule has 41 heavy (non-hydrogen) atoms. The average Bonchev–Trinajstić information content (AvgIpc) is 2.94. The van der Waals surface area contributed by atoms with E-state index in [4.69, 9.17) is 23.4 Å². The Kier molecular flexibility index (Phi) is 8.08. The number of aryl methyl sites for hydroxylation is 1. The molecular formula is C31H30BrNO8. The van der Waals surface area contributed by atoms with E-state index in [0.717, 1.165) is 6.42 Å². The van der Waals surface area contributed by atoms with Crippen molar-refractivity contribution in [2.75, 3.05) is 12.4 Å². The van der Waals surface area contributed by atoms with Gasteiger partial charge in [-0.1, -0.05) is 18.2 Å². The largest absolute Gasteiger partial charge is 0.505 e. The third-order valence-corrected chi connectivity index (χ3v) is 7.72. The lowest BCUT2D eigenvalue weighted by Crippen LogP contribution is -2.49. The predicted molar refractivity (Wildman–Crippen MR) is 157 cm³/mol. The van der Waals surface area contributed by atoms with Crippen molar-refractivity contribution in [2.24, 2.45) is 0 Å². The molecule has 0 bridgehead atoms. The molecule has 1 fully saturated rings. The number of methoxy groups -OCH3 is 1. The number of hydrogen-bond donors (Lipinski definition) is 2. The maximum absolute atomic E-state index is 13.1. The van der Waals surface area contributed by atoms with Gasteiger partial charge in [0.1, 0.15) is 22.8 Å². The first-order chi connectivity index (χ1) is 19.6. The Labute approximate surface area is 245 Å². The number of amides is 1. The van der Waals surface area contributed by atoms with Crippen molar-refractivity contribution in [3.8, 4) is 23.0 Å². The average molecular weight is 624 g/mol. The second-order valence-corrected chi connectivity index (χ2v) is 11.1. The number of ether oxygens (including phenoxy) is 4. The summed E-state index contributed by atoms with van der Waals surface area (Å²) in [6, 6.07) is 17.1. The Morgan fingerprint density at radius 2 is 1.83 bits per heavy atom. The molecular weight excluding hydrogens is 594 g/mol. The fourth-order valence-corrected chi connectivity index (χ4v) is 5.19. The van der Waals surface area contributed by atoms with E-state index in [0.29, 0.717) is 33.7 Å². The van der Waals surface area contributed by atoms with Crippen LogP contribution in [0.15, 0.2) is 74.3 Å². The molecule has 2 atom stereocenters. The van der Waals surface area contributed by atoms with Crippen LogP contribution >= 0.6 is 15.9 Å². The lowest BCUT2D eigenvalue weighted by Gasteiger charge is -2.41. The van der Waals surface area contributed by atoms with E-state index in [-0.39, 0.29) is 28.3 Å². The minimum Gasteiger partial charge on any atom is -0.505 e. The molecule has 1 amide bonds. The molecule has 1 aromatic heterocycles. The second kappa shape index (κ2) is 11.6. The van der Waals surface area contributed by atoms with Gasteiger partial charge >= 0.3 is 5.63 Å². The maximum Gasteiger partial charge on any atom is 0.364 e. The summed E-state index contributed by atoms with van der Waals surface area (Å²) in [6.07, 6.45) is 0.809. The number of rotatable bonds is 7. The lowest BCUT2D eigenvalue weighted by atomic mass is 9.94. The van der Waals surface area contributed by atoms with Gasteiger partial charge in [0, 0.05) is 24.7 Å². The highest BCUT2D eigenvalue weighted by atomic mass is 79.9. The molecule has 10 heteroatoms. The van der Waals surface area contributed by atoms with Crippen LogP contribution in [0.4, 0.5) is 5.69 Å². The van der Waals surface area contributed by atoms with Crippen molar-refractivity contribution in [3.05, 3.63) is 86.7 Å². The summed E-state index contributed by atoms with van der Waals surface area (Å²) >= 11 is 3.42. The molecule has 2 N–H and O–H groups in total. The highest BCUT2D eigenvalue weighted by Gasteiger charge is 2.39. The Balaban J connectivity index is 1.38. The van der Waals surface area contributed by atoms with Gasteiger partial charge in [-0.25, -0.2) is 4.79 Å². The molecule has 214 valence electrons. The lowest BCUT2D eigenvalue weighted by molar-refractivity contribution is -0.233. The van der Waals surface area contributed by atoms with Gasteiger partial charge in [-0.15, -0.1) is 0 Å². The van der Waals surface area contributed by atoms with Crippen molar-refractivity contribution in [1.82, 2.24) is 0 Å². The van der Waals surface area contributed by atoms with Gasteiger partial charge in [0.05, 0.1) is 21.6 Å². The highest BCUT2D eigenvalue weighted by molar-refractivity contribution is 9.10. The molecule has 0 aliphatic carbocycles. The van der Waals surface area contributed by atoms with E-state index in [2.05, 4.69) is 21.2 Å². The summed E-state index contributed by atoms with van der Waals surface area (Å²) in [7, 11) is 1.66. The zero-order valence-corrected chi connectivity index (χ0v) is 24.6. The molecule has 9 nitrogen and oxygen atoms in total. The smallest absolute Gasteiger partial charge is 0.364 e. The van der Waals surface area contributed by atoms with Crippen molar-refractivity contribution >= 4 is 38.5 Å². The highest BCUT2D eigenvalue weighted by Crippen LogP contribution is 2.38. The Bertz CT molecular complexity index is 1650. The molecule has 1 aliphatic heterocycles. The minimum absolute atomic E-state index is 0.0518. The fraction of sp³-hybridized carbons (Fsp3) is 0.290. The van der Waals surface area contributed by atoms with E-state index in [9.17, 15) is 14.7 Å². The number of benzene rings is 3. The first-order valence-electron chi connectivity index (χ1n) is 13.1. The van der Waals surface area contributed by atoms with Crippen LogP contribution < -0.4 is 20.4 Å². The van der Waals surface area contributed by atoms with Gasteiger partial charge in [0.2, 0.25) is 6.29 Å². The van der Waals surface area contributed by atoms with Crippen molar-refractivity contribution in [1.29, 1.82) is 0 Å². The van der Waals surface area contributed by atoms with Crippen LogP contribution in [0, 0.1) is 6.92 Å². The van der Waals surface area contributed by atoms with E-state index in [1.54, 1.807) is 50.4 Å². The quantitative estimate of drug-likeness (QED) is 0.213. The summed E-state index contributed by atoms with van der Waals surface area (Å²) in [4.78, 5) is 26.0. The van der Waals surface area contributed by atoms with Gasteiger partial charge in [-0.2, -0.15) is 0 Å². The molecule has 3 aromatic carbocycles. The van der Waals surface area contributed by atoms with Crippen LogP contribution in [0.5, 0.6) is 23.0 Å². The zero-order chi connectivity index (χ0) is 29.3. The molecule has 1 saturated heterocycles. The standard InChI is InChI=1S/C31H30BrNO8/c1-17-22(39-25-15-14-24(37-4)31(2,3)41-25)13-11-20-27(34)26(30(36)40-28(17)20)33-29(35)18-10-12-21(32)23(16-18)38-19-8-6-5-7-9-19/h5-13,16,24-25,34H,14-15H2,1-4H3,(H,33,35)/t24-,25-/m1/s1. The molecule has 1 aliphatic rings. The van der Waals surface area contributed by atoms with Crippen LogP contribution in [0.25, 0.3) is 11.0 Å². The predicted octanol–water partition coefficient (Wildman–Crippen LogP) is 6.92. The Hall–Kier alpha value is -3.86. The van der Waals surface area contributed by atoms with Crippen molar-refractivity contribution < 1.29 is 33.3 Å². The van der Waals surface area contributed by atoms with Gasteiger partial charge in [0.25, 0.3) is 5.91 Å². The number of carbonyl (C=O) groups excluding carboxylic acids is 1. The van der Waals surface area contributed by atoms with E-state index in [1.165, 1.54) is 6.07 Å². The molecule has 4 aromatic rings. The van der Waals surface area contributed by atoms with Crippen LogP contribution in [0.2, 0.25) is 0 Å². The van der Waals surface area contributed by atoms with Crippen molar-refractivity contribution in [3.63, 3.8) is 0 Å². The van der Waals surface area contributed by atoms with Crippen molar-refractivity contribution in [2.45, 2.75) is 51.6 Å². The summed E-state index contributed by atoms with van der Waals surface area (Å²) in [6.45, 7) is 5.62. The van der Waals surface area contributed by atoms with Gasteiger partial charge in [-0.05, 0) is 85.6 Å². The number of aromatic hydroxyl groups is 1. The number of nitrogens with one attached hydrogen (secondary N) is 1. The zero-order valence-electron chi connectivity index (χ0n) is 23.0. The van der Waals surface area contributed by atoms with Crippen LogP contribution in [0.1, 0.15) is 42.6 Å². The SMILES string of the molecule is CO[C@@H]1CC[C@H](Oc2ccc3c(O)c(NC(=O)c4ccc(Br)c(Oc5ccccc5)c4)c(=O)oc3c2C)OC1(C)C. The number of carbonyl (C=O) groups is 1. The molecule has 0 spiro atoms. The summed E-state index contributed by atoms with van der Waals surface area (Å²) < 4.78 is 29.8. The summed E-state index contributed by atoms with van der Waals surface area (Å²) in [5, 5.41) is 13.7. The maximum atomic E-state index is 13.1. The number of anilines is 1. The van der Waals surface area contributed by atoms with Crippen LogP contribution in [0.3, 0.4) is 0 Å². The third-order valence-electron chi connectivity index (χ3n) is 7.07.